The van der Waals surface area contributed by atoms with Gasteiger partial charge in [-0.1, -0.05) is 6.92 Å². The Balaban J connectivity index is 2.17. The van der Waals surface area contributed by atoms with E-state index in [9.17, 15) is 4.79 Å². The second-order valence-corrected chi connectivity index (χ2v) is 4.99. The molecule has 4 nitrogen and oxygen atoms in total. The Morgan fingerprint density at radius 1 is 1.38 bits per heavy atom. The van der Waals surface area contributed by atoms with Crippen LogP contribution in [0.2, 0.25) is 0 Å². The van der Waals surface area contributed by atoms with Crippen LogP contribution in [0.4, 0.5) is 0 Å². The maximum atomic E-state index is 11.7. The molecule has 0 aromatic rings. The fraction of sp³-hybridized carbons (Fsp3) is 0.917. The summed E-state index contributed by atoms with van der Waals surface area (Å²) in [6, 6.07) is 0. The third-order valence-electron chi connectivity index (χ3n) is 3.33. The molecule has 1 saturated heterocycles. The summed E-state index contributed by atoms with van der Waals surface area (Å²) in [6.07, 6.45) is 0.816. The lowest BCUT2D eigenvalue weighted by Gasteiger charge is -2.25. The first-order chi connectivity index (χ1) is 7.56. The fourth-order valence-electron chi connectivity index (χ4n) is 1.54. The lowest BCUT2D eigenvalue weighted by Crippen LogP contribution is -3.14. The van der Waals surface area contributed by atoms with E-state index in [1.165, 1.54) is 4.90 Å². The summed E-state index contributed by atoms with van der Waals surface area (Å²) in [5, 5.41) is 0. The van der Waals surface area contributed by atoms with Crippen molar-refractivity contribution >= 4 is 5.97 Å². The standard InChI is InChI=1S/C12H23NO3/c1-4-12(2,3)11(14)16-10-7-13-5-8-15-9-6-13/h4-10H2,1-3H3/p+1. The molecule has 94 valence electrons. The number of nitrogens with one attached hydrogen (secondary N) is 1. The maximum absolute atomic E-state index is 11.7. The first-order valence-corrected chi connectivity index (χ1v) is 6.15. The van der Waals surface area contributed by atoms with Gasteiger partial charge in [0.1, 0.15) is 26.2 Å². The smallest absolute Gasteiger partial charge is 0.311 e. The van der Waals surface area contributed by atoms with Crippen LogP contribution in [-0.2, 0) is 14.3 Å². The second kappa shape index (κ2) is 6.21. The third kappa shape index (κ3) is 4.10. The number of carbonyl (C=O) groups is 1. The molecule has 1 rings (SSSR count). The van der Waals surface area contributed by atoms with Crippen LogP contribution in [0.5, 0.6) is 0 Å². The molecule has 1 fully saturated rings. The molecular formula is C12H24NO3+. The van der Waals surface area contributed by atoms with Crippen molar-refractivity contribution in [1.29, 1.82) is 0 Å². The summed E-state index contributed by atoms with van der Waals surface area (Å²) < 4.78 is 10.6. The van der Waals surface area contributed by atoms with Gasteiger partial charge in [-0.3, -0.25) is 4.79 Å². The van der Waals surface area contributed by atoms with Crippen molar-refractivity contribution in [1.82, 2.24) is 0 Å². The first-order valence-electron chi connectivity index (χ1n) is 6.15. The first kappa shape index (κ1) is 13.5. The van der Waals surface area contributed by atoms with Crippen molar-refractivity contribution in [2.24, 2.45) is 5.41 Å². The zero-order valence-electron chi connectivity index (χ0n) is 10.7. The van der Waals surface area contributed by atoms with Crippen molar-refractivity contribution < 1.29 is 19.2 Å². The molecule has 4 heteroatoms. The molecule has 0 saturated carbocycles. The van der Waals surface area contributed by atoms with E-state index < -0.39 is 0 Å². The van der Waals surface area contributed by atoms with E-state index in [1.54, 1.807) is 0 Å². The Hall–Kier alpha value is -0.610. The minimum atomic E-state index is -0.347. The Labute approximate surface area is 97.9 Å². The average molecular weight is 230 g/mol. The molecule has 0 spiro atoms. The Bertz CT molecular complexity index is 222. The van der Waals surface area contributed by atoms with E-state index in [0.29, 0.717) is 6.61 Å². The van der Waals surface area contributed by atoms with Gasteiger partial charge >= 0.3 is 5.97 Å². The predicted molar refractivity (Wildman–Crippen MR) is 61.4 cm³/mol. The highest BCUT2D eigenvalue weighted by molar-refractivity contribution is 5.75. The summed E-state index contributed by atoms with van der Waals surface area (Å²) in [7, 11) is 0. The molecule has 0 radical (unpaired) electrons. The van der Waals surface area contributed by atoms with Gasteiger partial charge in [-0.05, 0) is 20.3 Å². The molecule has 0 unspecified atom stereocenters. The van der Waals surface area contributed by atoms with E-state index in [1.807, 2.05) is 20.8 Å². The minimum Gasteiger partial charge on any atom is -0.459 e. The minimum absolute atomic E-state index is 0.0809. The van der Waals surface area contributed by atoms with Crippen LogP contribution < -0.4 is 4.90 Å². The van der Waals surface area contributed by atoms with Gasteiger partial charge in [0.2, 0.25) is 0 Å². The molecule has 1 heterocycles. The van der Waals surface area contributed by atoms with Gasteiger partial charge in [0.25, 0.3) is 0 Å². The average Bonchev–Trinajstić information content (AvgIpc) is 2.30. The number of quaternary nitrogens is 1. The zero-order valence-corrected chi connectivity index (χ0v) is 10.7. The topological polar surface area (TPSA) is 40.0 Å². The number of hydrogen-bond donors (Lipinski definition) is 1. The van der Waals surface area contributed by atoms with Crippen LogP contribution in [0.1, 0.15) is 27.2 Å². The molecule has 0 aromatic carbocycles. The van der Waals surface area contributed by atoms with E-state index >= 15 is 0 Å². The number of ether oxygens (including phenoxy) is 2. The lowest BCUT2D eigenvalue weighted by molar-refractivity contribution is -0.908. The van der Waals surface area contributed by atoms with E-state index in [-0.39, 0.29) is 11.4 Å². The van der Waals surface area contributed by atoms with Gasteiger partial charge < -0.3 is 14.4 Å². The molecule has 0 amide bonds. The lowest BCUT2D eigenvalue weighted by atomic mass is 9.91. The van der Waals surface area contributed by atoms with Crippen molar-refractivity contribution in [2.75, 3.05) is 39.5 Å². The van der Waals surface area contributed by atoms with Crippen LogP contribution in [0, 0.1) is 5.41 Å². The van der Waals surface area contributed by atoms with Crippen LogP contribution >= 0.6 is 0 Å². The molecule has 0 aromatic heterocycles. The van der Waals surface area contributed by atoms with Gasteiger partial charge in [0.15, 0.2) is 0 Å². The van der Waals surface area contributed by atoms with Crippen molar-refractivity contribution in [2.45, 2.75) is 27.2 Å². The highest BCUT2D eigenvalue weighted by Gasteiger charge is 2.27. The van der Waals surface area contributed by atoms with Crippen LogP contribution in [0.15, 0.2) is 0 Å². The monoisotopic (exact) mass is 230 g/mol. The zero-order chi connectivity index (χ0) is 12.0. The molecule has 0 bridgehead atoms. The van der Waals surface area contributed by atoms with Crippen molar-refractivity contribution in [3.8, 4) is 0 Å². The third-order valence-corrected chi connectivity index (χ3v) is 3.33. The number of hydrogen-bond acceptors (Lipinski definition) is 3. The number of rotatable bonds is 5. The molecule has 1 aliphatic heterocycles. The molecule has 16 heavy (non-hydrogen) atoms. The number of morpholine rings is 1. The maximum Gasteiger partial charge on any atom is 0.311 e. The van der Waals surface area contributed by atoms with E-state index in [4.69, 9.17) is 9.47 Å². The Kier molecular flexibility index (Phi) is 5.22. The largest absolute Gasteiger partial charge is 0.459 e. The van der Waals surface area contributed by atoms with Crippen LogP contribution in [-0.4, -0.2) is 45.4 Å². The van der Waals surface area contributed by atoms with Gasteiger partial charge in [0.05, 0.1) is 18.6 Å². The summed E-state index contributed by atoms with van der Waals surface area (Å²) in [6.45, 7) is 11.0. The highest BCUT2D eigenvalue weighted by Crippen LogP contribution is 2.20. The summed E-state index contributed by atoms with van der Waals surface area (Å²) in [5.74, 6) is -0.0809. The predicted octanol–water partition coefficient (Wildman–Crippen LogP) is -0.119. The van der Waals surface area contributed by atoms with Gasteiger partial charge in [0, 0.05) is 0 Å². The van der Waals surface area contributed by atoms with Crippen LogP contribution in [0.25, 0.3) is 0 Å². The van der Waals surface area contributed by atoms with Crippen molar-refractivity contribution in [3.05, 3.63) is 0 Å². The van der Waals surface area contributed by atoms with Gasteiger partial charge in [-0.15, -0.1) is 0 Å². The Morgan fingerprint density at radius 2 is 2.00 bits per heavy atom. The van der Waals surface area contributed by atoms with E-state index in [2.05, 4.69) is 0 Å². The van der Waals surface area contributed by atoms with E-state index in [0.717, 1.165) is 39.3 Å². The quantitative estimate of drug-likeness (QED) is 0.669. The summed E-state index contributed by atoms with van der Waals surface area (Å²) >= 11 is 0. The highest BCUT2D eigenvalue weighted by atomic mass is 16.5. The number of carbonyl (C=O) groups excluding carboxylic acids is 1. The SMILES string of the molecule is CCC(C)(C)C(=O)OCC[NH+]1CCOCC1. The summed E-state index contributed by atoms with van der Waals surface area (Å²) in [4.78, 5) is 13.1. The van der Waals surface area contributed by atoms with Gasteiger partial charge in [-0.2, -0.15) is 0 Å². The molecule has 0 aliphatic carbocycles. The molecule has 1 aliphatic rings. The number of esters is 1. The molecule has 0 atom stereocenters. The second-order valence-electron chi connectivity index (χ2n) is 4.99. The molecular weight excluding hydrogens is 206 g/mol. The van der Waals surface area contributed by atoms with Crippen molar-refractivity contribution in [3.63, 3.8) is 0 Å². The Morgan fingerprint density at radius 3 is 2.56 bits per heavy atom. The van der Waals surface area contributed by atoms with Gasteiger partial charge in [-0.25, -0.2) is 0 Å². The normalized spacial score (nSPS) is 18.4. The molecule has 1 N–H and O–H groups in total. The summed E-state index contributed by atoms with van der Waals surface area (Å²) in [5.41, 5.74) is -0.347. The van der Waals surface area contributed by atoms with Crippen LogP contribution in [0.3, 0.4) is 0 Å². The fourth-order valence-corrected chi connectivity index (χ4v) is 1.54.